The number of aryl methyl sites for hydroxylation is 1. The lowest BCUT2D eigenvalue weighted by Gasteiger charge is -2.21. The third kappa shape index (κ3) is 7.27. The zero-order valence-electron chi connectivity index (χ0n) is 20.3. The number of rotatable bonds is 5. The molecular formula is C26H39N5O2. The molecule has 1 aromatic carbocycles. The van der Waals surface area contributed by atoms with Crippen LogP contribution in [0.25, 0.3) is 11.4 Å². The minimum atomic E-state index is -0.297. The lowest BCUT2D eigenvalue weighted by Crippen LogP contribution is -2.43. The molecule has 1 amide bonds. The number of methoxy groups -OCH3 is 1. The zero-order chi connectivity index (χ0) is 23.6. The van der Waals surface area contributed by atoms with Gasteiger partial charge in [-0.25, -0.2) is 4.98 Å². The van der Waals surface area contributed by atoms with E-state index in [9.17, 15) is 4.79 Å². The van der Waals surface area contributed by atoms with Crippen molar-refractivity contribution >= 4 is 11.6 Å². The average Bonchev–Trinajstić information content (AvgIpc) is 3.25. The van der Waals surface area contributed by atoms with E-state index in [2.05, 4.69) is 22.5 Å². The van der Waals surface area contributed by atoms with E-state index in [0.29, 0.717) is 17.4 Å². The van der Waals surface area contributed by atoms with Gasteiger partial charge in [0.25, 0.3) is 0 Å². The van der Waals surface area contributed by atoms with E-state index < -0.39 is 0 Å². The summed E-state index contributed by atoms with van der Waals surface area (Å²) in [5.41, 5.74) is 9.61. The van der Waals surface area contributed by atoms with Crippen molar-refractivity contribution in [3.8, 4) is 11.4 Å². The predicted octanol–water partition coefficient (Wildman–Crippen LogP) is 4.29. The highest BCUT2D eigenvalue weighted by molar-refractivity contribution is 5.82. The number of imidazole rings is 1. The number of ether oxygens (including phenoxy) is 1. The Hall–Kier alpha value is -2.96. The van der Waals surface area contributed by atoms with E-state index >= 15 is 0 Å². The van der Waals surface area contributed by atoms with Gasteiger partial charge in [0.05, 0.1) is 30.5 Å². The third-order valence-electron chi connectivity index (χ3n) is 6.32. The normalized spacial score (nSPS) is 21.3. The molecule has 1 fully saturated rings. The smallest absolute Gasteiger partial charge is 0.242 e. The molecule has 7 nitrogen and oxygen atoms in total. The van der Waals surface area contributed by atoms with E-state index in [0.717, 1.165) is 42.8 Å². The number of hydrogen-bond acceptors (Lipinski definition) is 5. The molecule has 4 N–H and O–H groups in total. The molecule has 0 radical (unpaired) electrons. The van der Waals surface area contributed by atoms with Crippen LogP contribution in [0.2, 0.25) is 0 Å². The van der Waals surface area contributed by atoms with Crippen molar-refractivity contribution < 1.29 is 9.53 Å². The van der Waals surface area contributed by atoms with E-state index in [-0.39, 0.29) is 11.9 Å². The van der Waals surface area contributed by atoms with Crippen molar-refractivity contribution in [2.45, 2.75) is 71.3 Å². The second-order valence-corrected chi connectivity index (χ2v) is 9.17. The molecule has 1 saturated heterocycles. The standard InChI is InChI=1S/C26H39N5O2/c1-19-10-8-6-4-5-7-9-13-28-26(32)23(14-19)29-16-22(27)21-11-12-24(25(15-21)33-3)31-17-20(2)30-18-31/h11-12,15-19,23,29H,4-10,13-14,27H2,1-3H3,(H,28,32)/b22-16-. The SMILES string of the molecule is COc1cc(/C(N)=C/NC2CC(C)CCCCCCCCNC2=O)ccc1-n1cnc(C)c1. The van der Waals surface area contributed by atoms with E-state index in [1.54, 1.807) is 19.6 Å². The summed E-state index contributed by atoms with van der Waals surface area (Å²) in [6, 6.07) is 5.53. The molecule has 0 saturated carbocycles. The lowest BCUT2D eigenvalue weighted by molar-refractivity contribution is -0.123. The summed E-state index contributed by atoms with van der Waals surface area (Å²) in [5, 5.41) is 6.40. The number of hydrogen-bond donors (Lipinski definition) is 3. The summed E-state index contributed by atoms with van der Waals surface area (Å²) < 4.78 is 7.52. The van der Waals surface area contributed by atoms with Crippen LogP contribution in [0, 0.1) is 12.8 Å². The van der Waals surface area contributed by atoms with Crippen molar-refractivity contribution in [2.75, 3.05) is 13.7 Å². The number of nitrogens with one attached hydrogen (secondary N) is 2. The zero-order valence-corrected chi connectivity index (χ0v) is 20.3. The van der Waals surface area contributed by atoms with E-state index in [4.69, 9.17) is 10.5 Å². The molecule has 2 heterocycles. The lowest BCUT2D eigenvalue weighted by atomic mass is 9.95. The van der Waals surface area contributed by atoms with Gasteiger partial charge in [-0.05, 0) is 37.8 Å². The molecule has 180 valence electrons. The van der Waals surface area contributed by atoms with Gasteiger partial charge in [0.15, 0.2) is 0 Å². The number of carbonyl (C=O) groups is 1. The molecule has 1 aromatic heterocycles. The second kappa shape index (κ2) is 12.3. The fraction of sp³-hybridized carbons (Fsp3) is 0.538. The molecule has 2 atom stereocenters. The molecule has 0 aliphatic carbocycles. The van der Waals surface area contributed by atoms with Crippen LogP contribution in [-0.4, -0.2) is 35.2 Å². The number of nitrogens with two attached hydrogens (primary N) is 1. The van der Waals surface area contributed by atoms with Crippen LogP contribution in [-0.2, 0) is 4.79 Å². The highest BCUT2D eigenvalue weighted by Gasteiger charge is 2.20. The Bertz CT molecular complexity index is 937. The number of aromatic nitrogens is 2. The summed E-state index contributed by atoms with van der Waals surface area (Å²) in [5.74, 6) is 1.23. The van der Waals surface area contributed by atoms with Crippen LogP contribution >= 0.6 is 0 Å². The van der Waals surface area contributed by atoms with Gasteiger partial charge in [-0.3, -0.25) is 4.79 Å². The highest BCUT2D eigenvalue weighted by atomic mass is 16.5. The van der Waals surface area contributed by atoms with E-state index in [1.807, 2.05) is 35.9 Å². The molecule has 7 heteroatoms. The largest absolute Gasteiger partial charge is 0.495 e. The van der Waals surface area contributed by atoms with Gasteiger partial charge in [-0.1, -0.05) is 51.5 Å². The Morgan fingerprint density at radius 3 is 2.73 bits per heavy atom. The van der Waals surface area contributed by atoms with Crippen molar-refractivity contribution in [1.29, 1.82) is 0 Å². The first-order chi connectivity index (χ1) is 16.0. The van der Waals surface area contributed by atoms with Crippen LogP contribution in [0.1, 0.15) is 69.5 Å². The van der Waals surface area contributed by atoms with Gasteiger partial charge < -0.3 is 25.7 Å². The topological polar surface area (TPSA) is 94.2 Å². The average molecular weight is 454 g/mol. The Morgan fingerprint density at radius 1 is 1.24 bits per heavy atom. The Kier molecular flexibility index (Phi) is 9.22. The molecule has 2 unspecified atom stereocenters. The first-order valence-electron chi connectivity index (χ1n) is 12.2. The Labute approximate surface area is 197 Å². The molecule has 3 rings (SSSR count). The summed E-state index contributed by atoms with van der Waals surface area (Å²) in [4.78, 5) is 17.1. The van der Waals surface area contributed by atoms with Crippen molar-refractivity contribution in [3.05, 3.63) is 48.2 Å². The summed E-state index contributed by atoms with van der Waals surface area (Å²) in [6.07, 6.45) is 14.7. The minimum Gasteiger partial charge on any atom is -0.495 e. The Morgan fingerprint density at radius 2 is 2.00 bits per heavy atom. The molecule has 33 heavy (non-hydrogen) atoms. The van der Waals surface area contributed by atoms with E-state index in [1.165, 1.54) is 32.1 Å². The van der Waals surface area contributed by atoms with Gasteiger partial charge >= 0.3 is 0 Å². The highest BCUT2D eigenvalue weighted by Crippen LogP contribution is 2.26. The molecular weight excluding hydrogens is 414 g/mol. The molecule has 1 aliphatic heterocycles. The van der Waals surface area contributed by atoms with Crippen molar-refractivity contribution in [2.24, 2.45) is 11.7 Å². The molecule has 1 aliphatic rings. The quantitative estimate of drug-likeness (QED) is 0.628. The van der Waals surface area contributed by atoms with Gasteiger partial charge in [-0.15, -0.1) is 0 Å². The molecule has 0 spiro atoms. The third-order valence-corrected chi connectivity index (χ3v) is 6.32. The monoisotopic (exact) mass is 453 g/mol. The first kappa shape index (κ1) is 24.7. The number of nitrogens with zero attached hydrogens (tertiary/aromatic N) is 2. The fourth-order valence-corrected chi connectivity index (χ4v) is 4.33. The van der Waals surface area contributed by atoms with Crippen LogP contribution in [0.3, 0.4) is 0 Å². The van der Waals surface area contributed by atoms with Gasteiger partial charge in [-0.2, -0.15) is 0 Å². The van der Waals surface area contributed by atoms with Crippen molar-refractivity contribution in [3.63, 3.8) is 0 Å². The van der Waals surface area contributed by atoms with Gasteiger partial charge in [0.2, 0.25) is 5.91 Å². The van der Waals surface area contributed by atoms with Crippen LogP contribution in [0.5, 0.6) is 5.75 Å². The summed E-state index contributed by atoms with van der Waals surface area (Å²) in [6.45, 7) is 4.91. The minimum absolute atomic E-state index is 0.0496. The summed E-state index contributed by atoms with van der Waals surface area (Å²) >= 11 is 0. The number of benzene rings is 1. The van der Waals surface area contributed by atoms with Gasteiger partial charge in [0, 0.05) is 24.5 Å². The number of amides is 1. The first-order valence-corrected chi connectivity index (χ1v) is 12.2. The Balaban J connectivity index is 1.72. The molecule has 2 aromatic rings. The van der Waals surface area contributed by atoms with Crippen LogP contribution in [0.4, 0.5) is 0 Å². The number of carbonyl (C=O) groups excluding carboxylic acids is 1. The van der Waals surface area contributed by atoms with Crippen LogP contribution in [0.15, 0.2) is 36.9 Å². The van der Waals surface area contributed by atoms with Gasteiger partial charge in [0.1, 0.15) is 11.8 Å². The maximum absolute atomic E-state index is 12.8. The van der Waals surface area contributed by atoms with Crippen molar-refractivity contribution in [1.82, 2.24) is 20.2 Å². The summed E-state index contributed by atoms with van der Waals surface area (Å²) in [7, 11) is 1.64. The van der Waals surface area contributed by atoms with Crippen LogP contribution < -0.4 is 21.1 Å². The predicted molar refractivity (Wildman–Crippen MR) is 133 cm³/mol. The second-order valence-electron chi connectivity index (χ2n) is 9.17. The maximum Gasteiger partial charge on any atom is 0.242 e. The maximum atomic E-state index is 12.8. The fourth-order valence-electron chi connectivity index (χ4n) is 4.33. The molecule has 0 bridgehead atoms.